The zero-order valence-corrected chi connectivity index (χ0v) is 19.2. The lowest BCUT2D eigenvalue weighted by Gasteiger charge is -2.16. The van der Waals surface area contributed by atoms with Crippen LogP contribution in [-0.4, -0.2) is 57.6 Å². The second-order valence-electron chi connectivity index (χ2n) is 8.39. The van der Waals surface area contributed by atoms with Gasteiger partial charge < -0.3 is 16.0 Å². The normalized spacial score (nSPS) is 13.5. The number of hydrogen-bond donors (Lipinski definition) is 2. The van der Waals surface area contributed by atoms with Crippen molar-refractivity contribution in [2.45, 2.75) is 6.92 Å². The first-order valence-electron chi connectivity index (χ1n) is 11.0. The van der Waals surface area contributed by atoms with Crippen molar-refractivity contribution in [2.75, 3.05) is 30.4 Å². The molecule has 10 nitrogen and oxygen atoms in total. The lowest BCUT2D eigenvalue weighted by Crippen LogP contribution is -2.29. The Morgan fingerprint density at radius 1 is 1.03 bits per heavy atom. The largest absolute Gasteiger partial charge is 0.366 e. The molecule has 176 valence electrons. The highest BCUT2D eigenvalue weighted by Gasteiger charge is 2.26. The van der Waals surface area contributed by atoms with Crippen molar-refractivity contribution >= 4 is 40.1 Å². The topological polar surface area (TPSA) is 126 Å². The predicted molar refractivity (Wildman–Crippen MR) is 132 cm³/mol. The number of anilines is 2. The molecule has 1 aliphatic heterocycles. The van der Waals surface area contributed by atoms with Gasteiger partial charge in [0.1, 0.15) is 5.69 Å². The second kappa shape index (κ2) is 8.56. The first-order valence-corrected chi connectivity index (χ1v) is 11.0. The molecule has 0 radical (unpaired) electrons. The Bertz CT molecular complexity index is 1480. The van der Waals surface area contributed by atoms with E-state index in [0.29, 0.717) is 40.9 Å². The third-order valence-corrected chi connectivity index (χ3v) is 5.89. The highest BCUT2D eigenvalue weighted by molar-refractivity contribution is 6.11. The van der Waals surface area contributed by atoms with Crippen molar-refractivity contribution in [3.63, 3.8) is 0 Å². The number of aromatic nitrogens is 3. The minimum Gasteiger partial charge on any atom is -0.366 e. The Morgan fingerprint density at radius 3 is 2.46 bits per heavy atom. The first kappa shape index (κ1) is 22.1. The molecule has 2 aromatic heterocycles. The van der Waals surface area contributed by atoms with Crippen LogP contribution in [0.1, 0.15) is 26.5 Å². The molecular formula is C25H23N7O3. The number of aryl methyl sites for hydroxylation is 1. The Hall–Kier alpha value is -4.73. The third kappa shape index (κ3) is 4.17. The average molecular weight is 470 g/mol. The number of primary amides is 1. The summed E-state index contributed by atoms with van der Waals surface area (Å²) in [7, 11) is 1.78. The molecule has 0 unspecified atom stereocenters. The monoisotopic (exact) mass is 469 g/mol. The van der Waals surface area contributed by atoms with Crippen molar-refractivity contribution in [2.24, 2.45) is 5.73 Å². The Labute approximate surface area is 200 Å². The maximum atomic E-state index is 13.1. The smallest absolute Gasteiger partial charge is 0.324 e. The molecular weight excluding hydrogens is 446 g/mol. The number of fused-ring (bicyclic) bond motifs is 1. The highest BCUT2D eigenvalue weighted by atomic mass is 16.2. The molecule has 4 aromatic rings. The number of rotatable bonds is 5. The van der Waals surface area contributed by atoms with Crippen LogP contribution in [0.5, 0.6) is 0 Å². The van der Waals surface area contributed by atoms with Gasteiger partial charge in [-0.3, -0.25) is 14.5 Å². The Morgan fingerprint density at radius 2 is 1.77 bits per heavy atom. The van der Waals surface area contributed by atoms with Gasteiger partial charge in [-0.2, -0.15) is 5.10 Å². The highest BCUT2D eigenvalue weighted by Crippen LogP contribution is 2.24. The molecule has 3 heterocycles. The second-order valence-corrected chi connectivity index (χ2v) is 8.39. The van der Waals surface area contributed by atoms with Gasteiger partial charge in [-0.15, -0.1) is 0 Å². The van der Waals surface area contributed by atoms with Gasteiger partial charge in [-0.25, -0.2) is 14.5 Å². The summed E-state index contributed by atoms with van der Waals surface area (Å²) < 4.78 is 1.68. The van der Waals surface area contributed by atoms with E-state index >= 15 is 0 Å². The van der Waals surface area contributed by atoms with Gasteiger partial charge in [-0.05, 0) is 55.5 Å². The van der Waals surface area contributed by atoms with Crippen LogP contribution in [0.25, 0.3) is 16.6 Å². The zero-order chi connectivity index (χ0) is 24.7. The van der Waals surface area contributed by atoms with Crippen LogP contribution in [0.3, 0.4) is 0 Å². The van der Waals surface area contributed by atoms with Gasteiger partial charge in [-0.1, -0.05) is 6.07 Å². The van der Waals surface area contributed by atoms with E-state index in [9.17, 15) is 14.4 Å². The molecule has 5 rings (SSSR count). The van der Waals surface area contributed by atoms with E-state index in [1.165, 1.54) is 6.07 Å². The maximum absolute atomic E-state index is 13.1. The van der Waals surface area contributed by atoms with Gasteiger partial charge in [0.25, 0.3) is 5.91 Å². The van der Waals surface area contributed by atoms with Gasteiger partial charge in [0.2, 0.25) is 5.91 Å². The van der Waals surface area contributed by atoms with Crippen LogP contribution in [0.15, 0.2) is 60.8 Å². The number of benzene rings is 2. The first-order chi connectivity index (χ1) is 16.8. The van der Waals surface area contributed by atoms with Gasteiger partial charge in [0, 0.05) is 49.0 Å². The van der Waals surface area contributed by atoms with E-state index in [4.69, 9.17) is 5.73 Å². The molecule has 1 aliphatic rings. The van der Waals surface area contributed by atoms with E-state index in [1.807, 2.05) is 30.3 Å². The summed E-state index contributed by atoms with van der Waals surface area (Å²) in [6, 6.07) is 15.7. The van der Waals surface area contributed by atoms with E-state index < -0.39 is 11.8 Å². The summed E-state index contributed by atoms with van der Waals surface area (Å²) in [5.41, 5.74) is 9.15. The number of nitrogens with zero attached hydrogens (tertiary/aromatic N) is 5. The summed E-state index contributed by atoms with van der Waals surface area (Å²) in [5.74, 6) is -1.00. The summed E-state index contributed by atoms with van der Waals surface area (Å²) >= 11 is 0. The molecule has 0 atom stereocenters. The van der Waals surface area contributed by atoms with Gasteiger partial charge >= 0.3 is 6.03 Å². The fourth-order valence-corrected chi connectivity index (χ4v) is 4.06. The summed E-state index contributed by atoms with van der Waals surface area (Å²) in [6.45, 7) is 3.13. The minimum absolute atomic E-state index is 0.0267. The van der Waals surface area contributed by atoms with E-state index in [2.05, 4.69) is 15.4 Å². The molecule has 3 N–H and O–H groups in total. The SMILES string of the molecule is Cc1cc2nn(-c3ccc(N4CCN(C)C4=O)cc3)cc2c(C(=O)Nc2cccc(C(N)=O)c2)n1. The number of pyridine rings is 1. The molecule has 1 fully saturated rings. The number of amides is 4. The van der Waals surface area contributed by atoms with Crippen LogP contribution >= 0.6 is 0 Å². The van der Waals surface area contributed by atoms with E-state index in [0.717, 1.165) is 11.4 Å². The molecule has 35 heavy (non-hydrogen) atoms. The van der Waals surface area contributed by atoms with Crippen molar-refractivity contribution in [3.05, 3.63) is 77.7 Å². The van der Waals surface area contributed by atoms with Crippen molar-refractivity contribution < 1.29 is 14.4 Å². The fraction of sp³-hybridized carbons (Fsp3) is 0.160. The molecule has 0 aliphatic carbocycles. The number of hydrogen-bond acceptors (Lipinski definition) is 5. The molecule has 0 spiro atoms. The number of carbonyl (C=O) groups excluding carboxylic acids is 3. The lowest BCUT2D eigenvalue weighted by atomic mass is 10.1. The zero-order valence-electron chi connectivity index (χ0n) is 19.2. The van der Waals surface area contributed by atoms with Crippen molar-refractivity contribution in [1.29, 1.82) is 0 Å². The predicted octanol–water partition coefficient (Wildman–Crippen LogP) is 2.95. The maximum Gasteiger partial charge on any atom is 0.324 e. The van der Waals surface area contributed by atoms with Crippen LogP contribution in [0, 0.1) is 6.92 Å². The Balaban J connectivity index is 1.45. The lowest BCUT2D eigenvalue weighted by molar-refractivity contribution is 0.0995. The summed E-state index contributed by atoms with van der Waals surface area (Å²) in [6.07, 6.45) is 1.75. The standard InChI is InChI=1S/C25H23N7O3/c1-15-12-21-20(22(27-15)24(34)28-17-5-3-4-16(13-17)23(26)33)14-32(29-21)19-8-6-18(7-9-19)31-11-10-30(2)25(31)35/h3-9,12-14H,10-11H2,1-2H3,(H2,26,33)(H,28,34). The Kier molecular flexibility index (Phi) is 5.40. The summed E-state index contributed by atoms with van der Waals surface area (Å²) in [5, 5.41) is 8.00. The van der Waals surface area contributed by atoms with Crippen LogP contribution in [0.4, 0.5) is 16.2 Å². The fourth-order valence-electron chi connectivity index (χ4n) is 4.06. The van der Waals surface area contributed by atoms with Crippen LogP contribution < -0.4 is 16.0 Å². The van der Waals surface area contributed by atoms with E-state index in [-0.39, 0.29) is 11.7 Å². The number of nitrogens with one attached hydrogen (secondary N) is 1. The third-order valence-electron chi connectivity index (χ3n) is 5.89. The molecule has 4 amide bonds. The number of likely N-dealkylation sites (N-methyl/N-ethyl adjacent to an activating group) is 1. The van der Waals surface area contributed by atoms with E-state index in [1.54, 1.807) is 52.8 Å². The summed E-state index contributed by atoms with van der Waals surface area (Å²) in [4.78, 5) is 44.7. The molecule has 1 saturated heterocycles. The molecule has 10 heteroatoms. The van der Waals surface area contributed by atoms with Gasteiger partial charge in [0.05, 0.1) is 16.6 Å². The quantitative estimate of drug-likeness (QED) is 0.465. The van der Waals surface area contributed by atoms with Crippen molar-refractivity contribution in [1.82, 2.24) is 19.7 Å². The average Bonchev–Trinajstić information content (AvgIpc) is 3.42. The molecule has 2 aromatic carbocycles. The van der Waals surface area contributed by atoms with Crippen LogP contribution in [0.2, 0.25) is 0 Å². The van der Waals surface area contributed by atoms with Crippen LogP contribution in [-0.2, 0) is 0 Å². The van der Waals surface area contributed by atoms with Gasteiger partial charge in [0.15, 0.2) is 0 Å². The number of carbonyl (C=O) groups is 3. The number of urea groups is 1. The van der Waals surface area contributed by atoms with Crippen molar-refractivity contribution in [3.8, 4) is 5.69 Å². The minimum atomic E-state index is -0.578. The number of nitrogens with two attached hydrogens (primary N) is 1. The molecule has 0 bridgehead atoms. The molecule has 0 saturated carbocycles.